The highest BCUT2D eigenvalue weighted by molar-refractivity contribution is 7.13. The summed E-state index contributed by atoms with van der Waals surface area (Å²) in [4.78, 5) is 16.2. The minimum Gasteiger partial charge on any atom is -0.490 e. The third-order valence-electron chi connectivity index (χ3n) is 2.59. The monoisotopic (exact) mass is 295 g/mol. The number of hydrazine groups is 1. The van der Waals surface area contributed by atoms with Gasteiger partial charge in [-0.3, -0.25) is 10.2 Å². The fraction of sp³-hybridized carbons (Fsp3) is 0.231. The molecule has 2 rings (SSSR count). The summed E-state index contributed by atoms with van der Waals surface area (Å²) < 4.78 is 18.7. The summed E-state index contributed by atoms with van der Waals surface area (Å²) in [6.07, 6.45) is 0.498. The quantitative estimate of drug-likeness (QED) is 0.501. The van der Waals surface area contributed by atoms with Gasteiger partial charge in [0.15, 0.2) is 11.6 Å². The lowest BCUT2D eigenvalue weighted by Crippen LogP contribution is -2.29. The number of halogens is 1. The molecular formula is C13H14FN3O2S. The molecule has 0 aliphatic carbocycles. The number of para-hydroxylation sites is 1. The highest BCUT2D eigenvalue weighted by Crippen LogP contribution is 2.19. The number of hydrogen-bond acceptors (Lipinski definition) is 5. The number of aromatic nitrogens is 1. The number of rotatable bonds is 5. The normalized spacial score (nSPS) is 10.3. The highest BCUT2D eigenvalue weighted by Gasteiger charge is 2.14. The molecule has 2 aromatic rings. The van der Waals surface area contributed by atoms with Gasteiger partial charge in [-0.2, -0.15) is 0 Å². The topological polar surface area (TPSA) is 77.2 Å². The Morgan fingerprint density at radius 3 is 2.95 bits per heavy atom. The summed E-state index contributed by atoms with van der Waals surface area (Å²) in [6, 6.07) is 6.21. The van der Waals surface area contributed by atoms with Gasteiger partial charge < -0.3 is 4.74 Å². The van der Waals surface area contributed by atoms with Gasteiger partial charge in [0, 0.05) is 6.42 Å². The summed E-state index contributed by atoms with van der Waals surface area (Å²) in [7, 11) is 0. The van der Waals surface area contributed by atoms with E-state index in [4.69, 9.17) is 10.6 Å². The largest absolute Gasteiger partial charge is 0.490 e. The molecule has 106 valence electrons. The molecule has 0 unspecified atom stereocenters. The number of ether oxygens (including phenoxy) is 1. The van der Waals surface area contributed by atoms with E-state index in [2.05, 4.69) is 10.4 Å². The predicted molar refractivity (Wildman–Crippen MR) is 74.1 cm³/mol. The van der Waals surface area contributed by atoms with Crippen molar-refractivity contribution in [1.82, 2.24) is 10.4 Å². The predicted octanol–water partition coefficient (Wildman–Crippen LogP) is 1.82. The molecule has 20 heavy (non-hydrogen) atoms. The van der Waals surface area contributed by atoms with Crippen LogP contribution in [0, 0.1) is 12.7 Å². The number of hydrogen-bond donors (Lipinski definition) is 2. The summed E-state index contributed by atoms with van der Waals surface area (Å²) in [5.41, 5.74) is 2.70. The van der Waals surface area contributed by atoms with Crippen LogP contribution in [0.5, 0.6) is 5.75 Å². The van der Waals surface area contributed by atoms with Crippen molar-refractivity contribution in [2.45, 2.75) is 13.3 Å². The van der Waals surface area contributed by atoms with Crippen LogP contribution in [-0.2, 0) is 6.42 Å². The molecule has 1 aromatic carbocycles. The molecule has 5 nitrogen and oxygen atoms in total. The first kappa shape index (κ1) is 14.4. The van der Waals surface area contributed by atoms with Crippen LogP contribution in [0.1, 0.15) is 20.4 Å². The first-order valence-corrected chi connectivity index (χ1v) is 6.78. The number of nitrogens with one attached hydrogen (secondary N) is 1. The third kappa shape index (κ3) is 3.31. The van der Waals surface area contributed by atoms with E-state index in [1.54, 1.807) is 25.1 Å². The lowest BCUT2D eigenvalue weighted by Gasteiger charge is -2.05. The van der Waals surface area contributed by atoms with E-state index >= 15 is 0 Å². The number of thiazole rings is 1. The first-order chi connectivity index (χ1) is 9.61. The molecule has 0 aliphatic rings. The van der Waals surface area contributed by atoms with Gasteiger partial charge in [0.05, 0.1) is 17.3 Å². The molecule has 1 amide bonds. The maximum atomic E-state index is 13.3. The number of carbonyl (C=O) groups excluding carboxylic acids is 1. The van der Waals surface area contributed by atoms with Gasteiger partial charge in [0.2, 0.25) is 0 Å². The van der Waals surface area contributed by atoms with Crippen LogP contribution in [-0.4, -0.2) is 17.5 Å². The Balaban J connectivity index is 1.95. The van der Waals surface area contributed by atoms with Crippen LogP contribution in [0.25, 0.3) is 0 Å². The van der Waals surface area contributed by atoms with Crippen LogP contribution in [0.15, 0.2) is 24.3 Å². The molecule has 0 saturated carbocycles. The smallest absolute Gasteiger partial charge is 0.277 e. The number of nitrogens with zero attached hydrogens (tertiary/aromatic N) is 1. The van der Waals surface area contributed by atoms with Crippen molar-refractivity contribution in [3.63, 3.8) is 0 Å². The summed E-state index contributed by atoms with van der Waals surface area (Å²) in [6.45, 7) is 2.03. The molecule has 0 saturated heterocycles. The lowest BCUT2D eigenvalue weighted by atomic mass is 10.3. The van der Waals surface area contributed by atoms with E-state index < -0.39 is 5.82 Å². The van der Waals surface area contributed by atoms with Crippen molar-refractivity contribution in [1.29, 1.82) is 0 Å². The second-order valence-electron chi connectivity index (χ2n) is 4.02. The third-order valence-corrected chi connectivity index (χ3v) is 3.80. The van der Waals surface area contributed by atoms with Gasteiger partial charge in [0.1, 0.15) is 4.88 Å². The van der Waals surface area contributed by atoms with Crippen LogP contribution < -0.4 is 16.0 Å². The summed E-state index contributed by atoms with van der Waals surface area (Å²) in [5.74, 6) is 4.54. The number of nitrogen functional groups attached to an aromatic ring is 1. The van der Waals surface area contributed by atoms with Crippen molar-refractivity contribution < 1.29 is 13.9 Å². The van der Waals surface area contributed by atoms with Crippen LogP contribution in [0.4, 0.5) is 4.39 Å². The van der Waals surface area contributed by atoms with E-state index in [1.807, 2.05) is 0 Å². The van der Waals surface area contributed by atoms with E-state index in [0.717, 1.165) is 5.01 Å². The maximum absolute atomic E-state index is 13.3. The second kappa shape index (κ2) is 6.44. The van der Waals surface area contributed by atoms with E-state index in [1.165, 1.54) is 17.4 Å². The van der Waals surface area contributed by atoms with E-state index in [-0.39, 0.29) is 18.3 Å². The van der Waals surface area contributed by atoms with E-state index in [0.29, 0.717) is 17.0 Å². The number of nitrogens with two attached hydrogens (primary N) is 1. The Labute approximate surface area is 119 Å². The van der Waals surface area contributed by atoms with E-state index in [9.17, 15) is 9.18 Å². The number of carbonyl (C=O) groups is 1. The van der Waals surface area contributed by atoms with Gasteiger partial charge in [0.25, 0.3) is 5.91 Å². The Bertz CT molecular complexity index is 615. The zero-order chi connectivity index (χ0) is 14.5. The molecule has 0 atom stereocenters. The van der Waals surface area contributed by atoms with Crippen LogP contribution in [0.3, 0.4) is 0 Å². The molecule has 7 heteroatoms. The molecule has 0 spiro atoms. The summed E-state index contributed by atoms with van der Waals surface area (Å²) >= 11 is 1.25. The second-order valence-corrected chi connectivity index (χ2v) is 5.11. The van der Waals surface area contributed by atoms with Gasteiger partial charge in [-0.25, -0.2) is 15.2 Å². The van der Waals surface area contributed by atoms with Crippen molar-refractivity contribution in [2.75, 3.05) is 6.61 Å². The zero-order valence-electron chi connectivity index (χ0n) is 10.9. The van der Waals surface area contributed by atoms with Crippen molar-refractivity contribution >= 4 is 17.2 Å². The molecule has 1 heterocycles. The number of amides is 1. The molecule has 0 fully saturated rings. The Hall–Kier alpha value is -1.99. The number of aryl methyl sites for hydroxylation is 1. The first-order valence-electron chi connectivity index (χ1n) is 5.96. The maximum Gasteiger partial charge on any atom is 0.277 e. The molecule has 0 radical (unpaired) electrons. The van der Waals surface area contributed by atoms with Gasteiger partial charge in [-0.1, -0.05) is 12.1 Å². The fourth-order valence-electron chi connectivity index (χ4n) is 1.65. The molecular weight excluding hydrogens is 281 g/mol. The molecule has 0 bridgehead atoms. The van der Waals surface area contributed by atoms with Gasteiger partial charge in [-0.05, 0) is 19.1 Å². The molecule has 0 aliphatic heterocycles. The fourth-order valence-corrected chi connectivity index (χ4v) is 2.59. The number of benzene rings is 1. The highest BCUT2D eigenvalue weighted by atomic mass is 32.1. The SMILES string of the molecule is Cc1nc(CCOc2ccccc2F)sc1C(=O)NN. The average Bonchev–Trinajstić information content (AvgIpc) is 2.81. The van der Waals surface area contributed by atoms with Crippen LogP contribution in [0.2, 0.25) is 0 Å². The Morgan fingerprint density at radius 2 is 2.25 bits per heavy atom. The van der Waals surface area contributed by atoms with Crippen molar-refractivity contribution in [3.05, 3.63) is 45.7 Å². The minimum atomic E-state index is -0.397. The lowest BCUT2D eigenvalue weighted by molar-refractivity contribution is 0.0957. The molecule has 1 aromatic heterocycles. The zero-order valence-corrected chi connectivity index (χ0v) is 11.7. The Morgan fingerprint density at radius 1 is 1.50 bits per heavy atom. The summed E-state index contributed by atoms with van der Waals surface area (Å²) in [5, 5.41) is 0.748. The average molecular weight is 295 g/mol. The van der Waals surface area contributed by atoms with Crippen molar-refractivity contribution in [2.24, 2.45) is 5.84 Å². The Kier molecular flexibility index (Phi) is 4.65. The van der Waals surface area contributed by atoms with Crippen molar-refractivity contribution in [3.8, 4) is 5.75 Å². The minimum absolute atomic E-state index is 0.209. The van der Waals surface area contributed by atoms with Crippen LogP contribution >= 0.6 is 11.3 Å². The van der Waals surface area contributed by atoms with Gasteiger partial charge in [-0.15, -0.1) is 11.3 Å². The standard InChI is InChI=1S/C13H14FN3O2S/c1-8-12(13(18)17-15)20-11(16-8)6-7-19-10-5-3-2-4-9(10)14/h2-5H,6-7,15H2,1H3,(H,17,18). The van der Waals surface area contributed by atoms with Gasteiger partial charge >= 0.3 is 0 Å². The molecule has 3 N–H and O–H groups in total.